The van der Waals surface area contributed by atoms with E-state index in [1.807, 2.05) is 10.6 Å². The molecule has 202 valence electrons. The average Bonchev–Trinajstić information content (AvgIpc) is 3.32. The lowest BCUT2D eigenvalue weighted by Gasteiger charge is -2.23. The van der Waals surface area contributed by atoms with Gasteiger partial charge in [-0.1, -0.05) is 66.9 Å². The fourth-order valence-electron chi connectivity index (χ4n) is 4.66. The standard InChI is InChI=1S/C27H32ClN5O3S2/c1-3-17-32-26(20-11-7-5-8-12-20)30-31-27(32)37-19-25(34)29-24-18-22(15-16-23(24)28)38(35,36)33(4-2)21-13-9-6-10-14-21/h3,6,9-10,13-16,18,20H,1,4-5,7-8,11-12,17,19H2,2H3,(H,29,34). The Morgan fingerprint density at radius 1 is 1.18 bits per heavy atom. The topological polar surface area (TPSA) is 97.2 Å². The lowest BCUT2D eigenvalue weighted by Crippen LogP contribution is -2.30. The summed E-state index contributed by atoms with van der Waals surface area (Å²) in [5, 5.41) is 12.5. The second kappa shape index (κ2) is 12.8. The van der Waals surface area contributed by atoms with E-state index in [4.69, 9.17) is 11.6 Å². The number of aromatic nitrogens is 3. The molecule has 4 rings (SSSR count). The number of allylic oxidation sites excluding steroid dienone is 1. The Kier molecular flexibility index (Phi) is 9.51. The van der Waals surface area contributed by atoms with Crippen molar-refractivity contribution in [2.75, 3.05) is 21.9 Å². The van der Waals surface area contributed by atoms with Crippen molar-refractivity contribution in [3.63, 3.8) is 0 Å². The van der Waals surface area contributed by atoms with Crippen LogP contribution in [0.25, 0.3) is 0 Å². The van der Waals surface area contributed by atoms with Gasteiger partial charge < -0.3 is 9.88 Å². The highest BCUT2D eigenvalue weighted by atomic mass is 35.5. The number of hydrogen-bond acceptors (Lipinski definition) is 6. The molecule has 1 aliphatic rings. The zero-order chi connectivity index (χ0) is 27.1. The maximum absolute atomic E-state index is 13.4. The molecule has 1 N–H and O–H groups in total. The molecule has 1 aromatic heterocycles. The summed E-state index contributed by atoms with van der Waals surface area (Å²) in [5.41, 5.74) is 0.793. The number of carbonyl (C=O) groups excluding carboxylic acids is 1. The molecule has 0 saturated heterocycles. The van der Waals surface area contributed by atoms with Gasteiger partial charge >= 0.3 is 0 Å². The lowest BCUT2D eigenvalue weighted by molar-refractivity contribution is -0.113. The van der Waals surface area contributed by atoms with Gasteiger partial charge in [-0.15, -0.1) is 16.8 Å². The molecule has 3 aromatic rings. The number of nitrogens with zero attached hydrogens (tertiary/aromatic N) is 4. The van der Waals surface area contributed by atoms with E-state index in [1.54, 1.807) is 37.3 Å². The molecule has 0 spiro atoms. The van der Waals surface area contributed by atoms with E-state index < -0.39 is 10.0 Å². The van der Waals surface area contributed by atoms with Crippen molar-refractivity contribution in [3.05, 3.63) is 72.0 Å². The zero-order valence-electron chi connectivity index (χ0n) is 21.3. The number of benzene rings is 2. The van der Waals surface area contributed by atoms with Crippen LogP contribution in [0.15, 0.2) is 71.2 Å². The van der Waals surface area contributed by atoms with Crippen LogP contribution in [0.1, 0.15) is 50.8 Å². The van der Waals surface area contributed by atoms with Crippen molar-refractivity contribution >= 4 is 50.7 Å². The zero-order valence-corrected chi connectivity index (χ0v) is 23.7. The maximum atomic E-state index is 13.4. The molecule has 0 radical (unpaired) electrons. The van der Waals surface area contributed by atoms with Gasteiger partial charge in [-0.25, -0.2) is 8.42 Å². The van der Waals surface area contributed by atoms with E-state index in [0.29, 0.717) is 23.3 Å². The van der Waals surface area contributed by atoms with Crippen LogP contribution >= 0.6 is 23.4 Å². The second-order valence-electron chi connectivity index (χ2n) is 9.06. The third-order valence-electron chi connectivity index (χ3n) is 6.49. The van der Waals surface area contributed by atoms with Crippen LogP contribution in [0.2, 0.25) is 5.02 Å². The number of halogens is 1. The fraction of sp³-hybridized carbons (Fsp3) is 0.370. The van der Waals surface area contributed by atoms with E-state index in [1.165, 1.54) is 53.5 Å². The molecule has 1 fully saturated rings. The van der Waals surface area contributed by atoms with Gasteiger partial charge in [-0.2, -0.15) is 0 Å². The number of hydrogen-bond donors (Lipinski definition) is 1. The van der Waals surface area contributed by atoms with Crippen molar-refractivity contribution < 1.29 is 13.2 Å². The number of rotatable bonds is 11. The first-order chi connectivity index (χ1) is 18.3. The summed E-state index contributed by atoms with van der Waals surface area (Å²) in [4.78, 5) is 12.9. The summed E-state index contributed by atoms with van der Waals surface area (Å²) in [7, 11) is -3.87. The smallest absolute Gasteiger partial charge is 0.264 e. The Balaban J connectivity index is 1.47. The number of amides is 1. The molecule has 1 heterocycles. The van der Waals surface area contributed by atoms with E-state index >= 15 is 0 Å². The van der Waals surface area contributed by atoms with Gasteiger partial charge in [0.2, 0.25) is 5.91 Å². The van der Waals surface area contributed by atoms with Gasteiger partial charge in [0.1, 0.15) is 5.82 Å². The van der Waals surface area contributed by atoms with Crippen LogP contribution in [0.3, 0.4) is 0 Å². The van der Waals surface area contributed by atoms with Crippen molar-refractivity contribution in [1.29, 1.82) is 0 Å². The minimum absolute atomic E-state index is 0.0402. The highest BCUT2D eigenvalue weighted by Gasteiger charge is 2.26. The minimum Gasteiger partial charge on any atom is -0.324 e. The molecule has 1 saturated carbocycles. The van der Waals surface area contributed by atoms with E-state index in [9.17, 15) is 13.2 Å². The number of para-hydroxylation sites is 1. The number of carbonyl (C=O) groups is 1. The molecule has 8 nitrogen and oxygen atoms in total. The molecule has 38 heavy (non-hydrogen) atoms. The summed E-state index contributed by atoms with van der Waals surface area (Å²) in [6, 6.07) is 13.2. The van der Waals surface area contributed by atoms with Gasteiger partial charge in [0.25, 0.3) is 10.0 Å². The first-order valence-electron chi connectivity index (χ1n) is 12.7. The molecule has 1 amide bonds. The monoisotopic (exact) mass is 573 g/mol. The van der Waals surface area contributed by atoms with Crippen molar-refractivity contribution in [2.24, 2.45) is 0 Å². The van der Waals surface area contributed by atoms with E-state index in [-0.39, 0.29) is 33.8 Å². The van der Waals surface area contributed by atoms with Crippen LogP contribution in [-0.4, -0.2) is 41.4 Å². The third kappa shape index (κ3) is 6.42. The maximum Gasteiger partial charge on any atom is 0.264 e. The van der Waals surface area contributed by atoms with Crippen molar-refractivity contribution in [3.8, 4) is 0 Å². The van der Waals surface area contributed by atoms with Gasteiger partial charge in [-0.05, 0) is 50.1 Å². The number of nitrogens with one attached hydrogen (secondary N) is 1. The fourth-order valence-corrected chi connectivity index (χ4v) is 7.08. The van der Waals surface area contributed by atoms with E-state index in [0.717, 1.165) is 18.7 Å². The highest BCUT2D eigenvalue weighted by molar-refractivity contribution is 7.99. The Morgan fingerprint density at radius 2 is 1.92 bits per heavy atom. The Labute approximate surface area is 233 Å². The van der Waals surface area contributed by atoms with Gasteiger partial charge in [-0.3, -0.25) is 9.10 Å². The van der Waals surface area contributed by atoms with Crippen LogP contribution in [0.4, 0.5) is 11.4 Å². The van der Waals surface area contributed by atoms with Crippen molar-refractivity contribution in [1.82, 2.24) is 14.8 Å². The molecule has 1 aliphatic carbocycles. The predicted octanol–water partition coefficient (Wildman–Crippen LogP) is 6.11. The lowest BCUT2D eigenvalue weighted by atomic mass is 9.89. The Bertz CT molecular complexity index is 1370. The van der Waals surface area contributed by atoms with E-state index in [2.05, 4.69) is 22.1 Å². The summed E-state index contributed by atoms with van der Waals surface area (Å²) >= 11 is 7.61. The van der Waals surface area contributed by atoms with Crippen LogP contribution in [-0.2, 0) is 21.4 Å². The number of thioether (sulfide) groups is 1. The summed E-state index contributed by atoms with van der Waals surface area (Å²) < 4.78 is 30.1. The summed E-state index contributed by atoms with van der Waals surface area (Å²) in [5.74, 6) is 1.07. The highest BCUT2D eigenvalue weighted by Crippen LogP contribution is 2.34. The number of sulfonamides is 1. The first kappa shape index (κ1) is 28.2. The van der Waals surface area contributed by atoms with Gasteiger partial charge in [0.15, 0.2) is 5.16 Å². The first-order valence-corrected chi connectivity index (χ1v) is 15.5. The Morgan fingerprint density at radius 3 is 2.61 bits per heavy atom. The minimum atomic E-state index is -3.87. The molecule has 11 heteroatoms. The summed E-state index contributed by atoms with van der Waals surface area (Å²) in [6.45, 7) is 6.45. The summed E-state index contributed by atoms with van der Waals surface area (Å²) in [6.07, 6.45) is 7.62. The largest absolute Gasteiger partial charge is 0.324 e. The van der Waals surface area contributed by atoms with Crippen molar-refractivity contribution in [2.45, 2.75) is 61.5 Å². The Hall–Kier alpha value is -2.82. The molecule has 2 aromatic carbocycles. The third-order valence-corrected chi connectivity index (χ3v) is 9.69. The molecular formula is C27H32ClN5O3S2. The normalized spacial score (nSPS) is 14.3. The molecule has 0 atom stereocenters. The number of anilines is 2. The van der Waals surface area contributed by atoms with Crippen LogP contribution < -0.4 is 9.62 Å². The van der Waals surface area contributed by atoms with Crippen LogP contribution in [0, 0.1) is 0 Å². The SMILES string of the molecule is C=CCn1c(SCC(=O)Nc2cc(S(=O)(=O)N(CC)c3ccccc3)ccc2Cl)nnc1C1CCCCC1. The average molecular weight is 574 g/mol. The van der Waals surface area contributed by atoms with Gasteiger partial charge in [0, 0.05) is 19.0 Å². The predicted molar refractivity (Wildman–Crippen MR) is 153 cm³/mol. The molecule has 0 unspecified atom stereocenters. The quantitative estimate of drug-likeness (QED) is 0.219. The van der Waals surface area contributed by atoms with Gasteiger partial charge in [0.05, 0.1) is 27.0 Å². The van der Waals surface area contributed by atoms with Crippen LogP contribution in [0.5, 0.6) is 0 Å². The molecular weight excluding hydrogens is 542 g/mol. The molecule has 0 bridgehead atoms. The second-order valence-corrected chi connectivity index (χ2v) is 12.3. The molecule has 0 aliphatic heterocycles.